The van der Waals surface area contributed by atoms with Crippen LogP contribution in [0.5, 0.6) is 5.75 Å². The summed E-state index contributed by atoms with van der Waals surface area (Å²) >= 11 is 3.62. The molecule has 0 radical (unpaired) electrons. The molecular formula is C15H20BrN3O. The van der Waals surface area contributed by atoms with Crippen molar-refractivity contribution in [1.82, 2.24) is 10.2 Å². The molecule has 1 aromatic carbocycles. The first kappa shape index (κ1) is 14.9. The van der Waals surface area contributed by atoms with Gasteiger partial charge in [0.1, 0.15) is 5.75 Å². The van der Waals surface area contributed by atoms with Crippen molar-refractivity contribution >= 4 is 21.7 Å². The predicted molar refractivity (Wildman–Crippen MR) is 86.7 cm³/mol. The van der Waals surface area contributed by atoms with Crippen LogP contribution in [-0.2, 0) is 0 Å². The van der Waals surface area contributed by atoms with E-state index in [-0.39, 0.29) is 0 Å². The van der Waals surface area contributed by atoms with Gasteiger partial charge in [-0.1, -0.05) is 13.8 Å². The molecule has 1 heterocycles. The topological polar surface area (TPSA) is 41.1 Å². The van der Waals surface area contributed by atoms with Crippen LogP contribution in [0.3, 0.4) is 0 Å². The van der Waals surface area contributed by atoms with Crippen molar-refractivity contribution in [3.63, 3.8) is 0 Å². The van der Waals surface area contributed by atoms with E-state index in [2.05, 4.69) is 46.0 Å². The second kappa shape index (κ2) is 5.87. The summed E-state index contributed by atoms with van der Waals surface area (Å²) in [6, 6.07) is 6.21. The molecule has 4 nitrogen and oxygen atoms in total. The highest BCUT2D eigenvalue weighted by Gasteiger charge is 2.16. The summed E-state index contributed by atoms with van der Waals surface area (Å²) in [5, 5.41) is 7.43. The zero-order valence-electron chi connectivity index (χ0n) is 12.5. The molecule has 108 valence electrons. The van der Waals surface area contributed by atoms with Gasteiger partial charge >= 0.3 is 0 Å². The van der Waals surface area contributed by atoms with Gasteiger partial charge in [0.15, 0.2) is 5.82 Å². The van der Waals surface area contributed by atoms with E-state index in [1.807, 2.05) is 31.1 Å². The molecule has 0 amide bonds. The van der Waals surface area contributed by atoms with Crippen LogP contribution in [0.4, 0.5) is 5.82 Å². The van der Waals surface area contributed by atoms with Crippen molar-refractivity contribution in [3.05, 3.63) is 28.2 Å². The molecule has 2 aromatic rings. The van der Waals surface area contributed by atoms with E-state index in [1.54, 1.807) is 7.11 Å². The van der Waals surface area contributed by atoms with Gasteiger partial charge in [-0.05, 0) is 45.6 Å². The fourth-order valence-corrected chi connectivity index (χ4v) is 2.91. The third kappa shape index (κ3) is 2.68. The van der Waals surface area contributed by atoms with E-state index in [0.29, 0.717) is 5.92 Å². The molecule has 0 spiro atoms. The summed E-state index contributed by atoms with van der Waals surface area (Å²) in [5.41, 5.74) is 3.28. The number of aromatic nitrogens is 2. The van der Waals surface area contributed by atoms with Gasteiger partial charge in [0, 0.05) is 19.7 Å². The lowest BCUT2D eigenvalue weighted by molar-refractivity contribution is 0.407. The Hall–Kier alpha value is -1.49. The number of H-pyrrole nitrogens is 1. The van der Waals surface area contributed by atoms with Crippen molar-refractivity contribution in [1.29, 1.82) is 0 Å². The number of nitrogens with zero attached hydrogens (tertiary/aromatic N) is 2. The van der Waals surface area contributed by atoms with Gasteiger partial charge in [-0.2, -0.15) is 5.10 Å². The third-order valence-corrected chi connectivity index (χ3v) is 4.00. The van der Waals surface area contributed by atoms with Gasteiger partial charge in [0.05, 0.1) is 17.3 Å². The van der Waals surface area contributed by atoms with Gasteiger partial charge in [0.2, 0.25) is 0 Å². The van der Waals surface area contributed by atoms with E-state index in [0.717, 1.165) is 27.3 Å². The number of methoxy groups -OCH3 is 1. The first-order valence-electron chi connectivity index (χ1n) is 6.55. The van der Waals surface area contributed by atoms with Crippen LogP contribution in [0.25, 0.3) is 11.3 Å². The molecule has 1 N–H and O–H groups in total. The molecule has 5 heteroatoms. The molecule has 0 aliphatic carbocycles. The monoisotopic (exact) mass is 337 g/mol. The minimum atomic E-state index is 0.403. The Balaban J connectivity index is 2.51. The van der Waals surface area contributed by atoms with Crippen LogP contribution >= 0.6 is 15.9 Å². The summed E-state index contributed by atoms with van der Waals surface area (Å²) < 4.78 is 6.40. The Morgan fingerprint density at radius 1 is 1.30 bits per heavy atom. The second-order valence-corrected chi connectivity index (χ2v) is 6.04. The zero-order chi connectivity index (χ0) is 14.9. The lowest BCUT2D eigenvalue weighted by Gasteiger charge is -2.13. The summed E-state index contributed by atoms with van der Waals surface area (Å²) in [6.45, 7) is 4.32. The molecule has 1 aromatic heterocycles. The second-order valence-electron chi connectivity index (χ2n) is 5.24. The van der Waals surface area contributed by atoms with Gasteiger partial charge in [-0.15, -0.1) is 0 Å². The van der Waals surface area contributed by atoms with Gasteiger partial charge in [0.25, 0.3) is 0 Å². The number of benzene rings is 1. The maximum atomic E-state index is 5.43. The summed E-state index contributed by atoms with van der Waals surface area (Å²) in [7, 11) is 5.65. The largest absolute Gasteiger partial charge is 0.496 e. The average Bonchev–Trinajstić information content (AvgIpc) is 2.79. The molecule has 0 saturated carbocycles. The molecule has 0 unspecified atom stereocenters. The first-order valence-corrected chi connectivity index (χ1v) is 7.34. The van der Waals surface area contributed by atoms with Crippen molar-refractivity contribution in [2.75, 3.05) is 26.1 Å². The van der Waals surface area contributed by atoms with Crippen molar-refractivity contribution in [3.8, 4) is 17.0 Å². The lowest BCUT2D eigenvalue weighted by Crippen LogP contribution is -2.09. The van der Waals surface area contributed by atoms with Gasteiger partial charge in [-0.3, -0.25) is 5.10 Å². The maximum absolute atomic E-state index is 5.43. The number of halogens is 1. The van der Waals surface area contributed by atoms with Crippen LogP contribution < -0.4 is 9.64 Å². The van der Waals surface area contributed by atoms with E-state index in [4.69, 9.17) is 4.74 Å². The first-order chi connectivity index (χ1) is 9.45. The van der Waals surface area contributed by atoms with Crippen LogP contribution in [0.1, 0.15) is 25.3 Å². The standard InChI is InChI=1S/C15H20BrN3O/c1-9(2)11-8-10(6-7-12(11)20-5)14-13(16)15(18-17-14)19(3)4/h6-9H,1-5H3,(H,17,18). The predicted octanol–water partition coefficient (Wildman–Crippen LogP) is 4.04. The molecule has 0 aliphatic heterocycles. The average molecular weight is 338 g/mol. The Morgan fingerprint density at radius 3 is 2.50 bits per heavy atom. The fourth-order valence-electron chi connectivity index (χ4n) is 2.15. The Morgan fingerprint density at radius 2 is 2.00 bits per heavy atom. The van der Waals surface area contributed by atoms with Crippen LogP contribution in [-0.4, -0.2) is 31.4 Å². The van der Waals surface area contributed by atoms with Crippen LogP contribution in [0.15, 0.2) is 22.7 Å². The summed E-state index contributed by atoms with van der Waals surface area (Å²) in [6.07, 6.45) is 0. The Labute approximate surface area is 128 Å². The SMILES string of the molecule is COc1ccc(-c2[nH]nc(N(C)C)c2Br)cc1C(C)C. The zero-order valence-corrected chi connectivity index (χ0v) is 14.1. The van der Waals surface area contributed by atoms with E-state index >= 15 is 0 Å². The highest BCUT2D eigenvalue weighted by atomic mass is 79.9. The number of ether oxygens (including phenoxy) is 1. The normalized spacial score (nSPS) is 10.9. The van der Waals surface area contributed by atoms with E-state index in [9.17, 15) is 0 Å². The Bertz CT molecular complexity index is 605. The summed E-state index contributed by atoms with van der Waals surface area (Å²) in [5.74, 6) is 2.22. The van der Waals surface area contributed by atoms with Crippen molar-refractivity contribution in [2.45, 2.75) is 19.8 Å². The number of aromatic amines is 1. The Kier molecular flexibility index (Phi) is 4.38. The number of anilines is 1. The minimum absolute atomic E-state index is 0.403. The van der Waals surface area contributed by atoms with E-state index in [1.165, 1.54) is 5.56 Å². The van der Waals surface area contributed by atoms with Gasteiger partial charge in [-0.25, -0.2) is 0 Å². The van der Waals surface area contributed by atoms with Crippen molar-refractivity contribution in [2.24, 2.45) is 0 Å². The third-order valence-electron chi connectivity index (χ3n) is 3.25. The molecule has 20 heavy (non-hydrogen) atoms. The van der Waals surface area contributed by atoms with Crippen LogP contribution in [0, 0.1) is 0 Å². The van der Waals surface area contributed by atoms with Crippen molar-refractivity contribution < 1.29 is 4.74 Å². The van der Waals surface area contributed by atoms with Crippen LogP contribution in [0.2, 0.25) is 0 Å². The van der Waals surface area contributed by atoms with Gasteiger partial charge < -0.3 is 9.64 Å². The number of hydrogen-bond acceptors (Lipinski definition) is 3. The lowest BCUT2D eigenvalue weighted by atomic mass is 9.98. The summed E-state index contributed by atoms with van der Waals surface area (Å²) in [4.78, 5) is 1.97. The molecule has 2 rings (SSSR count). The smallest absolute Gasteiger partial charge is 0.164 e. The fraction of sp³-hybridized carbons (Fsp3) is 0.400. The highest BCUT2D eigenvalue weighted by molar-refractivity contribution is 9.10. The minimum Gasteiger partial charge on any atom is -0.496 e. The molecule has 0 bridgehead atoms. The number of nitrogens with one attached hydrogen (secondary N) is 1. The molecule has 0 fully saturated rings. The molecule has 0 atom stereocenters. The molecule has 0 aliphatic rings. The quantitative estimate of drug-likeness (QED) is 0.915. The number of rotatable bonds is 4. The number of hydrogen-bond donors (Lipinski definition) is 1. The highest BCUT2D eigenvalue weighted by Crippen LogP contribution is 2.36. The molecular weight excluding hydrogens is 318 g/mol. The maximum Gasteiger partial charge on any atom is 0.164 e. The van der Waals surface area contributed by atoms with E-state index < -0.39 is 0 Å². The molecule has 0 saturated heterocycles.